The van der Waals surface area contributed by atoms with Gasteiger partial charge in [0.1, 0.15) is 11.5 Å². The molecule has 0 aliphatic rings. The first kappa shape index (κ1) is 12.6. The molecule has 3 nitrogen and oxygen atoms in total. The highest BCUT2D eigenvalue weighted by molar-refractivity contribution is 5.34. The molecule has 3 heteroatoms. The molecule has 2 rings (SSSR count). The van der Waals surface area contributed by atoms with E-state index < -0.39 is 6.10 Å². The van der Waals surface area contributed by atoms with Gasteiger partial charge in [-0.1, -0.05) is 30.3 Å². The zero-order chi connectivity index (χ0) is 12.8. The molecule has 0 fully saturated rings. The van der Waals surface area contributed by atoms with Crippen LogP contribution in [0.5, 0.6) is 11.5 Å². The normalized spacial score (nSPS) is 12.1. The average Bonchev–Trinajstić information content (AvgIpc) is 2.40. The van der Waals surface area contributed by atoms with Gasteiger partial charge in [0.05, 0.1) is 6.10 Å². The first-order valence-corrected chi connectivity index (χ1v) is 5.95. The highest BCUT2D eigenvalue weighted by Crippen LogP contribution is 2.24. The molecule has 0 aliphatic carbocycles. The molecule has 0 amide bonds. The molecular weight excluding hydrogens is 226 g/mol. The third-order valence-corrected chi connectivity index (χ3v) is 2.62. The van der Waals surface area contributed by atoms with Crippen molar-refractivity contribution in [3.8, 4) is 11.5 Å². The van der Waals surface area contributed by atoms with E-state index >= 15 is 0 Å². The van der Waals surface area contributed by atoms with Crippen molar-refractivity contribution in [2.75, 3.05) is 13.6 Å². The number of aliphatic hydroxyl groups is 1. The van der Waals surface area contributed by atoms with Gasteiger partial charge in [0.2, 0.25) is 0 Å². The van der Waals surface area contributed by atoms with E-state index in [0.717, 1.165) is 17.1 Å². The van der Waals surface area contributed by atoms with Gasteiger partial charge < -0.3 is 15.2 Å². The van der Waals surface area contributed by atoms with Gasteiger partial charge in [-0.05, 0) is 36.9 Å². The van der Waals surface area contributed by atoms with Gasteiger partial charge >= 0.3 is 0 Å². The lowest BCUT2D eigenvalue weighted by atomic mass is 10.1. The maximum Gasteiger partial charge on any atom is 0.127 e. The lowest BCUT2D eigenvalue weighted by Gasteiger charge is -2.12. The summed E-state index contributed by atoms with van der Waals surface area (Å²) in [5, 5.41) is 12.8. The fourth-order valence-electron chi connectivity index (χ4n) is 1.72. The number of rotatable bonds is 5. The van der Waals surface area contributed by atoms with Crippen molar-refractivity contribution in [3.05, 3.63) is 60.2 Å². The Hall–Kier alpha value is -1.84. The summed E-state index contributed by atoms with van der Waals surface area (Å²) in [6.07, 6.45) is -0.519. The topological polar surface area (TPSA) is 41.5 Å². The van der Waals surface area contributed by atoms with E-state index in [4.69, 9.17) is 4.74 Å². The van der Waals surface area contributed by atoms with Crippen LogP contribution in [-0.2, 0) is 0 Å². The summed E-state index contributed by atoms with van der Waals surface area (Å²) in [5.74, 6) is 1.52. The molecule has 0 saturated carbocycles. The summed E-state index contributed by atoms with van der Waals surface area (Å²) in [6, 6.07) is 17.1. The molecule has 0 aliphatic heterocycles. The minimum Gasteiger partial charge on any atom is -0.457 e. The average molecular weight is 243 g/mol. The van der Waals surface area contributed by atoms with E-state index in [9.17, 15) is 5.11 Å². The fraction of sp³-hybridized carbons (Fsp3) is 0.200. The molecule has 1 unspecified atom stereocenters. The summed E-state index contributed by atoms with van der Waals surface area (Å²) >= 11 is 0. The van der Waals surface area contributed by atoms with Crippen molar-refractivity contribution in [2.24, 2.45) is 0 Å². The Bertz CT molecular complexity index is 485. The molecule has 0 spiro atoms. The summed E-state index contributed by atoms with van der Waals surface area (Å²) in [6.45, 7) is 0.523. The quantitative estimate of drug-likeness (QED) is 0.848. The number of hydrogen-bond acceptors (Lipinski definition) is 3. The highest BCUT2D eigenvalue weighted by atomic mass is 16.5. The van der Waals surface area contributed by atoms with Gasteiger partial charge in [-0.3, -0.25) is 0 Å². The summed E-state index contributed by atoms with van der Waals surface area (Å²) < 4.78 is 5.72. The van der Waals surface area contributed by atoms with Crippen LogP contribution in [0.4, 0.5) is 0 Å². The van der Waals surface area contributed by atoms with Crippen LogP contribution >= 0.6 is 0 Å². The van der Waals surface area contributed by atoms with Crippen molar-refractivity contribution >= 4 is 0 Å². The van der Waals surface area contributed by atoms with Crippen LogP contribution in [0, 0.1) is 0 Å². The van der Waals surface area contributed by atoms with Crippen molar-refractivity contribution in [1.82, 2.24) is 5.32 Å². The Balaban J connectivity index is 2.12. The molecule has 0 bridgehead atoms. The predicted octanol–water partition coefficient (Wildman–Crippen LogP) is 2.73. The standard InChI is InChI=1S/C15H17NO2/c1-16-11-15(17)12-6-5-9-14(10-12)18-13-7-3-2-4-8-13/h2-10,15-17H,11H2,1H3. The van der Waals surface area contributed by atoms with Gasteiger partial charge in [-0.15, -0.1) is 0 Å². The van der Waals surface area contributed by atoms with Crippen LogP contribution in [-0.4, -0.2) is 18.7 Å². The molecule has 94 valence electrons. The van der Waals surface area contributed by atoms with Crippen LogP contribution in [0.1, 0.15) is 11.7 Å². The Morgan fingerprint density at radius 3 is 2.50 bits per heavy atom. The van der Waals surface area contributed by atoms with E-state index in [-0.39, 0.29) is 0 Å². The van der Waals surface area contributed by atoms with Crippen LogP contribution in [0.2, 0.25) is 0 Å². The van der Waals surface area contributed by atoms with Crippen LogP contribution in [0.3, 0.4) is 0 Å². The van der Waals surface area contributed by atoms with Crippen molar-refractivity contribution in [3.63, 3.8) is 0 Å². The second-order valence-electron chi connectivity index (χ2n) is 4.06. The zero-order valence-corrected chi connectivity index (χ0v) is 10.3. The Morgan fingerprint density at radius 1 is 1.06 bits per heavy atom. The van der Waals surface area contributed by atoms with E-state index in [0.29, 0.717) is 6.54 Å². The minimum absolute atomic E-state index is 0.519. The molecule has 0 aromatic heterocycles. The third kappa shape index (κ3) is 3.32. The largest absolute Gasteiger partial charge is 0.457 e. The molecular formula is C15H17NO2. The number of nitrogens with one attached hydrogen (secondary N) is 1. The third-order valence-electron chi connectivity index (χ3n) is 2.62. The molecule has 0 heterocycles. The van der Waals surface area contributed by atoms with Crippen LogP contribution < -0.4 is 10.1 Å². The molecule has 2 N–H and O–H groups in total. The first-order valence-electron chi connectivity index (χ1n) is 5.95. The van der Waals surface area contributed by atoms with E-state index in [1.165, 1.54) is 0 Å². The molecule has 0 radical (unpaired) electrons. The number of benzene rings is 2. The highest BCUT2D eigenvalue weighted by Gasteiger charge is 2.07. The summed E-state index contributed by atoms with van der Waals surface area (Å²) in [5.41, 5.74) is 0.845. The molecule has 0 saturated heterocycles. The van der Waals surface area contributed by atoms with E-state index in [1.54, 1.807) is 0 Å². The van der Waals surface area contributed by atoms with E-state index in [1.807, 2.05) is 61.6 Å². The second kappa shape index (κ2) is 6.19. The van der Waals surface area contributed by atoms with E-state index in [2.05, 4.69) is 5.32 Å². The number of hydrogen-bond donors (Lipinski definition) is 2. The van der Waals surface area contributed by atoms with Crippen molar-refractivity contribution < 1.29 is 9.84 Å². The smallest absolute Gasteiger partial charge is 0.127 e. The number of aliphatic hydroxyl groups excluding tert-OH is 1. The number of ether oxygens (including phenoxy) is 1. The summed E-state index contributed by atoms with van der Waals surface area (Å²) in [4.78, 5) is 0. The SMILES string of the molecule is CNCC(O)c1cccc(Oc2ccccc2)c1. The van der Waals surface area contributed by atoms with Crippen LogP contribution in [0.15, 0.2) is 54.6 Å². The molecule has 18 heavy (non-hydrogen) atoms. The van der Waals surface area contributed by atoms with Gasteiger partial charge in [0, 0.05) is 6.54 Å². The van der Waals surface area contributed by atoms with Gasteiger partial charge in [-0.2, -0.15) is 0 Å². The molecule has 2 aromatic carbocycles. The fourth-order valence-corrected chi connectivity index (χ4v) is 1.72. The Morgan fingerprint density at radius 2 is 1.78 bits per heavy atom. The van der Waals surface area contributed by atoms with Crippen molar-refractivity contribution in [1.29, 1.82) is 0 Å². The predicted molar refractivity (Wildman–Crippen MR) is 71.8 cm³/mol. The Labute approximate surface area is 107 Å². The monoisotopic (exact) mass is 243 g/mol. The van der Waals surface area contributed by atoms with Crippen LogP contribution in [0.25, 0.3) is 0 Å². The lowest BCUT2D eigenvalue weighted by Crippen LogP contribution is -2.16. The van der Waals surface area contributed by atoms with Gasteiger partial charge in [-0.25, -0.2) is 0 Å². The second-order valence-corrected chi connectivity index (χ2v) is 4.06. The lowest BCUT2D eigenvalue weighted by molar-refractivity contribution is 0.177. The molecule has 1 atom stereocenters. The maximum atomic E-state index is 9.89. The number of likely N-dealkylation sites (N-methyl/N-ethyl adjacent to an activating group) is 1. The summed E-state index contributed by atoms with van der Waals surface area (Å²) in [7, 11) is 1.81. The number of para-hydroxylation sites is 1. The van der Waals surface area contributed by atoms with Gasteiger partial charge in [0.15, 0.2) is 0 Å². The Kier molecular flexibility index (Phi) is 4.34. The minimum atomic E-state index is -0.519. The maximum absolute atomic E-state index is 9.89. The van der Waals surface area contributed by atoms with Crippen molar-refractivity contribution in [2.45, 2.75) is 6.10 Å². The van der Waals surface area contributed by atoms with Gasteiger partial charge in [0.25, 0.3) is 0 Å². The first-order chi connectivity index (χ1) is 8.79. The zero-order valence-electron chi connectivity index (χ0n) is 10.3. The molecule has 2 aromatic rings.